The number of fused-ring (bicyclic) bond motifs is 3. The number of anilines is 1. The molecule has 0 fully saturated rings. The lowest BCUT2D eigenvalue weighted by Crippen LogP contribution is -2.65. The van der Waals surface area contributed by atoms with Crippen LogP contribution in [0.25, 0.3) is 10.9 Å². The second-order valence-electron chi connectivity index (χ2n) is 9.07. The fourth-order valence-corrected chi connectivity index (χ4v) is 4.64. The molecule has 0 radical (unpaired) electrons. The Balaban J connectivity index is 1.66. The number of amides is 4. The van der Waals surface area contributed by atoms with Gasteiger partial charge in [0, 0.05) is 33.7 Å². The quantitative estimate of drug-likeness (QED) is 0.369. The number of benzene rings is 2. The fourth-order valence-electron chi connectivity index (χ4n) is 4.52. The van der Waals surface area contributed by atoms with Crippen LogP contribution in [0.3, 0.4) is 0 Å². The van der Waals surface area contributed by atoms with Crippen molar-refractivity contribution in [1.82, 2.24) is 15.6 Å². The van der Waals surface area contributed by atoms with Gasteiger partial charge in [-0.1, -0.05) is 43.6 Å². The van der Waals surface area contributed by atoms with E-state index in [0.29, 0.717) is 23.6 Å². The van der Waals surface area contributed by atoms with Crippen molar-refractivity contribution in [3.63, 3.8) is 0 Å². The van der Waals surface area contributed by atoms with Crippen molar-refractivity contribution in [2.24, 2.45) is 11.7 Å². The standard InChI is InChI=1S/C25H28ClN5O3/c1-14(2)21(22(27)32)30-23(33)25(31-24(34)28-16-9-7-15(26)8-10-16)12-11-20-18(13-25)17-5-3-4-6-19(17)29-20/h3-10,14,21,29H,11-13H2,1-2H3,(H2,27,32)(H,30,33)(H2,28,31,34)/t21-,25+/m0/s1. The Hall–Kier alpha value is -3.52. The number of primary amides is 1. The minimum Gasteiger partial charge on any atom is -0.368 e. The topological polar surface area (TPSA) is 129 Å². The normalized spacial score (nSPS) is 18.2. The molecule has 3 aromatic rings. The number of aromatic nitrogens is 1. The highest BCUT2D eigenvalue weighted by molar-refractivity contribution is 6.30. The molecule has 0 saturated heterocycles. The first kappa shape index (κ1) is 23.6. The van der Waals surface area contributed by atoms with E-state index in [4.69, 9.17) is 17.3 Å². The van der Waals surface area contributed by atoms with Crippen molar-refractivity contribution in [2.45, 2.75) is 44.7 Å². The number of nitrogens with one attached hydrogen (secondary N) is 4. The minimum atomic E-state index is -1.27. The number of nitrogens with two attached hydrogens (primary N) is 1. The van der Waals surface area contributed by atoms with Crippen molar-refractivity contribution in [2.75, 3.05) is 5.32 Å². The Morgan fingerprint density at radius 2 is 1.79 bits per heavy atom. The van der Waals surface area contributed by atoms with E-state index in [-0.39, 0.29) is 12.3 Å². The zero-order valence-corrected chi connectivity index (χ0v) is 19.8. The number of carbonyl (C=O) groups is 3. The molecule has 0 spiro atoms. The molecule has 8 nitrogen and oxygen atoms in total. The number of carbonyl (C=O) groups excluding carboxylic acids is 3. The molecule has 0 unspecified atom stereocenters. The second kappa shape index (κ2) is 9.38. The lowest BCUT2D eigenvalue weighted by atomic mass is 9.78. The Bertz CT molecular complexity index is 1240. The molecular weight excluding hydrogens is 454 g/mol. The number of hydrogen-bond donors (Lipinski definition) is 5. The second-order valence-corrected chi connectivity index (χ2v) is 9.51. The Labute approximate surface area is 202 Å². The molecule has 1 aromatic heterocycles. The average molecular weight is 482 g/mol. The van der Waals surface area contributed by atoms with Gasteiger partial charge in [0.2, 0.25) is 11.8 Å². The molecule has 2 atom stereocenters. The first-order valence-electron chi connectivity index (χ1n) is 11.2. The monoisotopic (exact) mass is 481 g/mol. The van der Waals surface area contributed by atoms with Crippen LogP contribution in [0.2, 0.25) is 5.02 Å². The van der Waals surface area contributed by atoms with Gasteiger partial charge in [-0.25, -0.2) is 4.79 Å². The molecule has 9 heteroatoms. The highest BCUT2D eigenvalue weighted by Gasteiger charge is 2.45. The van der Waals surface area contributed by atoms with Gasteiger partial charge in [-0.15, -0.1) is 0 Å². The summed E-state index contributed by atoms with van der Waals surface area (Å²) in [6, 6.07) is 13.2. The Morgan fingerprint density at radius 1 is 1.09 bits per heavy atom. The van der Waals surface area contributed by atoms with E-state index < -0.39 is 29.4 Å². The third-order valence-corrected chi connectivity index (χ3v) is 6.58. The molecule has 6 N–H and O–H groups in total. The van der Waals surface area contributed by atoms with Crippen molar-refractivity contribution >= 4 is 46.0 Å². The SMILES string of the molecule is CC(C)[C@H](NC(=O)[C@@]1(NC(=O)Nc2ccc(Cl)cc2)CCc2[nH]c3ccccc3c2C1)C(N)=O. The van der Waals surface area contributed by atoms with Crippen molar-refractivity contribution < 1.29 is 14.4 Å². The van der Waals surface area contributed by atoms with E-state index in [9.17, 15) is 14.4 Å². The number of H-pyrrole nitrogens is 1. The summed E-state index contributed by atoms with van der Waals surface area (Å²) >= 11 is 5.93. The van der Waals surface area contributed by atoms with E-state index in [1.165, 1.54) is 0 Å². The Morgan fingerprint density at radius 3 is 2.47 bits per heavy atom. The summed E-state index contributed by atoms with van der Waals surface area (Å²) in [7, 11) is 0. The van der Waals surface area contributed by atoms with Gasteiger partial charge in [-0.2, -0.15) is 0 Å². The van der Waals surface area contributed by atoms with Crippen LogP contribution in [0.4, 0.5) is 10.5 Å². The molecule has 2 aromatic carbocycles. The Kier molecular flexibility index (Phi) is 6.52. The lowest BCUT2D eigenvalue weighted by molar-refractivity contribution is -0.132. The van der Waals surface area contributed by atoms with E-state index in [2.05, 4.69) is 20.9 Å². The van der Waals surface area contributed by atoms with Crippen molar-refractivity contribution in [1.29, 1.82) is 0 Å². The van der Waals surface area contributed by atoms with E-state index >= 15 is 0 Å². The number of aryl methyl sites for hydroxylation is 1. The summed E-state index contributed by atoms with van der Waals surface area (Å²) in [6.07, 6.45) is 1.19. The van der Waals surface area contributed by atoms with Crippen LogP contribution in [-0.4, -0.2) is 34.4 Å². The fraction of sp³-hybridized carbons (Fsp3) is 0.320. The van der Waals surface area contributed by atoms with Crippen LogP contribution in [0.1, 0.15) is 31.5 Å². The number of hydrogen-bond acceptors (Lipinski definition) is 3. The molecule has 4 amide bonds. The van der Waals surface area contributed by atoms with Crippen LogP contribution >= 0.6 is 11.6 Å². The molecule has 4 rings (SSSR count). The largest absolute Gasteiger partial charge is 0.368 e. The van der Waals surface area contributed by atoms with Gasteiger partial charge in [0.1, 0.15) is 11.6 Å². The van der Waals surface area contributed by atoms with E-state index in [0.717, 1.165) is 22.2 Å². The summed E-state index contributed by atoms with van der Waals surface area (Å²) in [6.45, 7) is 3.61. The maximum absolute atomic E-state index is 13.7. The summed E-state index contributed by atoms with van der Waals surface area (Å²) in [5.41, 5.74) is 7.81. The zero-order chi connectivity index (χ0) is 24.5. The molecule has 178 valence electrons. The highest BCUT2D eigenvalue weighted by atomic mass is 35.5. The number of urea groups is 1. The summed E-state index contributed by atoms with van der Waals surface area (Å²) < 4.78 is 0. The van der Waals surface area contributed by atoms with Crippen molar-refractivity contribution in [3.05, 3.63) is 64.8 Å². The van der Waals surface area contributed by atoms with E-state index in [1.54, 1.807) is 24.3 Å². The number of halogens is 1. The van der Waals surface area contributed by atoms with Crippen LogP contribution in [0.5, 0.6) is 0 Å². The minimum absolute atomic E-state index is 0.200. The van der Waals surface area contributed by atoms with Gasteiger partial charge in [0.15, 0.2) is 0 Å². The third-order valence-electron chi connectivity index (χ3n) is 6.33. The molecular formula is C25H28ClN5O3. The maximum Gasteiger partial charge on any atom is 0.320 e. The highest BCUT2D eigenvalue weighted by Crippen LogP contribution is 2.34. The van der Waals surface area contributed by atoms with Gasteiger partial charge < -0.3 is 26.7 Å². The van der Waals surface area contributed by atoms with Crippen LogP contribution < -0.4 is 21.7 Å². The zero-order valence-electron chi connectivity index (χ0n) is 19.1. The van der Waals surface area contributed by atoms with Crippen LogP contribution in [0, 0.1) is 5.92 Å². The van der Waals surface area contributed by atoms with Gasteiger partial charge in [-0.3, -0.25) is 9.59 Å². The predicted octanol–water partition coefficient (Wildman–Crippen LogP) is 3.50. The molecule has 34 heavy (non-hydrogen) atoms. The molecule has 0 bridgehead atoms. The van der Waals surface area contributed by atoms with Gasteiger partial charge in [0.25, 0.3) is 0 Å². The first-order chi connectivity index (χ1) is 16.2. The smallest absolute Gasteiger partial charge is 0.320 e. The summed E-state index contributed by atoms with van der Waals surface area (Å²) in [4.78, 5) is 42.1. The molecule has 1 heterocycles. The van der Waals surface area contributed by atoms with Gasteiger partial charge in [0.05, 0.1) is 0 Å². The van der Waals surface area contributed by atoms with Gasteiger partial charge in [-0.05, 0) is 54.7 Å². The summed E-state index contributed by atoms with van der Waals surface area (Å²) in [5, 5.41) is 10.0. The first-order valence-corrected chi connectivity index (χ1v) is 11.6. The average Bonchev–Trinajstić information content (AvgIpc) is 3.16. The lowest BCUT2D eigenvalue weighted by Gasteiger charge is -2.38. The number of aromatic amines is 1. The van der Waals surface area contributed by atoms with Crippen molar-refractivity contribution in [3.8, 4) is 0 Å². The number of para-hydroxylation sites is 1. The van der Waals surface area contributed by atoms with E-state index in [1.807, 2.05) is 38.1 Å². The third kappa shape index (κ3) is 4.72. The molecule has 1 aliphatic rings. The molecule has 0 saturated carbocycles. The van der Waals surface area contributed by atoms with Crippen LogP contribution in [-0.2, 0) is 22.4 Å². The van der Waals surface area contributed by atoms with Crippen LogP contribution in [0.15, 0.2) is 48.5 Å². The molecule has 1 aliphatic carbocycles. The maximum atomic E-state index is 13.7. The number of rotatable bonds is 6. The predicted molar refractivity (Wildman–Crippen MR) is 133 cm³/mol. The van der Waals surface area contributed by atoms with Gasteiger partial charge >= 0.3 is 6.03 Å². The molecule has 0 aliphatic heterocycles. The summed E-state index contributed by atoms with van der Waals surface area (Å²) in [5.74, 6) is -1.26.